The Labute approximate surface area is 164 Å². The third kappa shape index (κ3) is 5.70. The molecule has 1 N–H and O–H groups in total. The first kappa shape index (κ1) is 21.2. The summed E-state index contributed by atoms with van der Waals surface area (Å²) in [6.07, 6.45) is 3.18. The quantitative estimate of drug-likeness (QED) is 0.824. The van der Waals surface area contributed by atoms with Gasteiger partial charge in [0, 0.05) is 38.1 Å². The molecule has 1 aromatic carbocycles. The Balaban J connectivity index is 0.00000243. The van der Waals surface area contributed by atoms with Gasteiger partial charge >= 0.3 is 0 Å². The summed E-state index contributed by atoms with van der Waals surface area (Å²) in [5.74, 6) is 1.22. The Morgan fingerprint density at radius 2 is 2.04 bits per heavy atom. The van der Waals surface area contributed by atoms with E-state index in [0.717, 1.165) is 52.1 Å². The second kappa shape index (κ2) is 10.3. The van der Waals surface area contributed by atoms with E-state index in [-0.39, 0.29) is 18.3 Å². The second-order valence-electron chi connectivity index (χ2n) is 7.83. The van der Waals surface area contributed by atoms with Gasteiger partial charge in [0.2, 0.25) is 5.91 Å². The van der Waals surface area contributed by atoms with E-state index in [9.17, 15) is 4.79 Å². The molecule has 1 unspecified atom stereocenters. The van der Waals surface area contributed by atoms with Crippen LogP contribution in [0.15, 0.2) is 30.3 Å². The largest absolute Gasteiger partial charge is 0.342 e. The lowest BCUT2D eigenvalue weighted by Gasteiger charge is -2.33. The number of nitrogens with one attached hydrogen (secondary N) is 1. The zero-order valence-corrected chi connectivity index (χ0v) is 17.0. The number of hydrogen-bond acceptors (Lipinski definition) is 3. The van der Waals surface area contributed by atoms with Crippen LogP contribution in [0.3, 0.4) is 0 Å². The van der Waals surface area contributed by atoms with Crippen LogP contribution in [0, 0.1) is 11.8 Å². The van der Waals surface area contributed by atoms with Gasteiger partial charge in [-0.25, -0.2) is 0 Å². The van der Waals surface area contributed by atoms with Gasteiger partial charge in [-0.3, -0.25) is 9.69 Å². The predicted molar refractivity (Wildman–Crippen MR) is 110 cm³/mol. The van der Waals surface area contributed by atoms with E-state index in [0.29, 0.717) is 17.9 Å². The van der Waals surface area contributed by atoms with Crippen molar-refractivity contribution in [1.29, 1.82) is 0 Å². The third-order valence-corrected chi connectivity index (χ3v) is 5.76. The van der Waals surface area contributed by atoms with Gasteiger partial charge < -0.3 is 10.2 Å². The van der Waals surface area contributed by atoms with Crippen LogP contribution in [-0.4, -0.2) is 54.5 Å². The lowest BCUT2D eigenvalue weighted by molar-refractivity contribution is -0.137. The molecular weight excluding hydrogens is 346 g/mol. The van der Waals surface area contributed by atoms with Crippen molar-refractivity contribution >= 4 is 18.3 Å². The summed E-state index contributed by atoms with van der Waals surface area (Å²) >= 11 is 0. The van der Waals surface area contributed by atoms with E-state index in [1.807, 2.05) is 0 Å². The maximum absolute atomic E-state index is 12.9. The minimum absolute atomic E-state index is 0. The van der Waals surface area contributed by atoms with Crippen molar-refractivity contribution in [3.05, 3.63) is 35.9 Å². The smallest absolute Gasteiger partial charge is 0.225 e. The number of carbonyl (C=O) groups is 1. The van der Waals surface area contributed by atoms with E-state index in [1.165, 1.54) is 12.0 Å². The van der Waals surface area contributed by atoms with E-state index in [4.69, 9.17) is 0 Å². The molecule has 2 aliphatic rings. The van der Waals surface area contributed by atoms with E-state index < -0.39 is 0 Å². The summed E-state index contributed by atoms with van der Waals surface area (Å²) < 4.78 is 0. The predicted octanol–water partition coefficient (Wildman–Crippen LogP) is 3.17. The summed E-state index contributed by atoms with van der Waals surface area (Å²) in [6.45, 7) is 10.3. The van der Waals surface area contributed by atoms with Crippen molar-refractivity contribution in [2.45, 2.75) is 45.7 Å². The Morgan fingerprint density at radius 1 is 1.27 bits per heavy atom. The Morgan fingerprint density at radius 3 is 2.73 bits per heavy atom. The molecular formula is C21H34ClN3O. The average molecular weight is 380 g/mol. The molecule has 26 heavy (non-hydrogen) atoms. The van der Waals surface area contributed by atoms with Crippen molar-refractivity contribution in [2.75, 3.05) is 32.7 Å². The molecule has 0 saturated carbocycles. The first-order valence-electron chi connectivity index (χ1n) is 9.94. The molecule has 2 saturated heterocycles. The number of hydrogen-bond donors (Lipinski definition) is 1. The number of piperidine rings is 1. The highest BCUT2D eigenvalue weighted by molar-refractivity contribution is 5.85. The lowest BCUT2D eigenvalue weighted by atomic mass is 9.91. The number of benzene rings is 1. The second-order valence-corrected chi connectivity index (χ2v) is 7.83. The van der Waals surface area contributed by atoms with E-state index >= 15 is 0 Å². The van der Waals surface area contributed by atoms with Crippen LogP contribution in [0.1, 0.15) is 38.7 Å². The van der Waals surface area contributed by atoms with Gasteiger partial charge in [0.05, 0.1) is 0 Å². The molecule has 3 rings (SSSR count). The molecule has 146 valence electrons. The standard InChI is InChI=1S/C21H33N3O.ClH/c1-3-24(21(25)20-9-11-22-17(2)13-20)16-19-10-12-23(15-19)14-18-7-5-4-6-8-18;/h4-8,17,19-20,22H,3,9-16H2,1-2H3;1H/t17-,19?,20-;/m0./s1. The maximum atomic E-state index is 12.9. The summed E-state index contributed by atoms with van der Waals surface area (Å²) in [4.78, 5) is 17.6. The molecule has 0 bridgehead atoms. The zero-order chi connectivity index (χ0) is 17.6. The number of rotatable bonds is 6. The Hall–Kier alpha value is -1.10. The molecule has 0 aliphatic carbocycles. The van der Waals surface area contributed by atoms with E-state index in [1.54, 1.807) is 0 Å². The van der Waals surface area contributed by atoms with E-state index in [2.05, 4.69) is 59.3 Å². The topological polar surface area (TPSA) is 35.6 Å². The van der Waals surface area contributed by atoms with Gasteiger partial charge in [0.25, 0.3) is 0 Å². The highest BCUT2D eigenvalue weighted by atomic mass is 35.5. The first-order valence-corrected chi connectivity index (χ1v) is 9.94. The maximum Gasteiger partial charge on any atom is 0.225 e. The molecule has 4 nitrogen and oxygen atoms in total. The fraction of sp³-hybridized carbons (Fsp3) is 0.667. The summed E-state index contributed by atoms with van der Waals surface area (Å²) in [7, 11) is 0. The fourth-order valence-corrected chi connectivity index (χ4v) is 4.35. The molecule has 0 radical (unpaired) electrons. The number of amides is 1. The van der Waals surface area contributed by atoms with Crippen molar-refractivity contribution in [2.24, 2.45) is 11.8 Å². The van der Waals surface area contributed by atoms with Gasteiger partial charge in [-0.15, -0.1) is 12.4 Å². The molecule has 2 aliphatic heterocycles. The fourth-order valence-electron chi connectivity index (χ4n) is 4.35. The van der Waals surface area contributed by atoms with Crippen LogP contribution in [0.4, 0.5) is 0 Å². The third-order valence-electron chi connectivity index (χ3n) is 5.76. The molecule has 3 atom stereocenters. The number of carbonyl (C=O) groups excluding carboxylic acids is 1. The molecule has 2 heterocycles. The van der Waals surface area contributed by atoms with Gasteiger partial charge in [-0.2, -0.15) is 0 Å². The normalized spacial score (nSPS) is 26.3. The van der Waals surface area contributed by atoms with Crippen molar-refractivity contribution in [3.8, 4) is 0 Å². The molecule has 1 amide bonds. The van der Waals surface area contributed by atoms with Crippen LogP contribution in [0.2, 0.25) is 0 Å². The number of likely N-dealkylation sites (tertiary alicyclic amines) is 1. The van der Waals surface area contributed by atoms with Crippen molar-refractivity contribution < 1.29 is 4.79 Å². The van der Waals surface area contributed by atoms with Crippen LogP contribution in [0.5, 0.6) is 0 Å². The van der Waals surface area contributed by atoms with Crippen LogP contribution < -0.4 is 5.32 Å². The van der Waals surface area contributed by atoms with Crippen molar-refractivity contribution in [3.63, 3.8) is 0 Å². The summed E-state index contributed by atoms with van der Waals surface area (Å²) in [5, 5.41) is 3.45. The lowest BCUT2D eigenvalue weighted by Crippen LogP contribution is -2.45. The van der Waals surface area contributed by atoms with Gasteiger partial charge in [-0.05, 0) is 57.7 Å². The molecule has 2 fully saturated rings. The highest BCUT2D eigenvalue weighted by Gasteiger charge is 2.31. The Bertz CT molecular complexity index is 553. The summed E-state index contributed by atoms with van der Waals surface area (Å²) in [6, 6.07) is 11.2. The average Bonchev–Trinajstić information content (AvgIpc) is 3.07. The Kier molecular flexibility index (Phi) is 8.39. The zero-order valence-electron chi connectivity index (χ0n) is 16.2. The van der Waals surface area contributed by atoms with Crippen LogP contribution in [-0.2, 0) is 11.3 Å². The number of halogens is 1. The molecule has 5 heteroatoms. The molecule has 0 spiro atoms. The van der Waals surface area contributed by atoms with Gasteiger partial charge in [-0.1, -0.05) is 30.3 Å². The monoisotopic (exact) mass is 379 g/mol. The first-order chi connectivity index (χ1) is 12.2. The molecule has 0 aromatic heterocycles. The highest BCUT2D eigenvalue weighted by Crippen LogP contribution is 2.23. The van der Waals surface area contributed by atoms with Gasteiger partial charge in [0.15, 0.2) is 0 Å². The minimum atomic E-state index is 0. The summed E-state index contributed by atoms with van der Waals surface area (Å²) in [5.41, 5.74) is 1.38. The van der Waals surface area contributed by atoms with Crippen LogP contribution >= 0.6 is 12.4 Å². The van der Waals surface area contributed by atoms with Gasteiger partial charge in [0.1, 0.15) is 0 Å². The minimum Gasteiger partial charge on any atom is -0.342 e. The SMILES string of the molecule is CCN(CC1CCN(Cc2ccccc2)C1)C(=O)[C@H]1CCN[C@@H](C)C1.Cl. The molecule has 1 aromatic rings. The van der Waals surface area contributed by atoms with Crippen molar-refractivity contribution in [1.82, 2.24) is 15.1 Å². The number of nitrogens with zero attached hydrogens (tertiary/aromatic N) is 2. The van der Waals surface area contributed by atoms with Crippen LogP contribution in [0.25, 0.3) is 0 Å².